The van der Waals surface area contributed by atoms with Gasteiger partial charge in [0.1, 0.15) is 0 Å². The minimum absolute atomic E-state index is 0.503. The predicted octanol–water partition coefficient (Wildman–Crippen LogP) is 0.887. The highest BCUT2D eigenvalue weighted by molar-refractivity contribution is 9.18. The SMILES string of the molecule is N/C=N\C(Br)=NC1CC1. The van der Waals surface area contributed by atoms with Gasteiger partial charge in [0.2, 0.25) is 0 Å². The van der Waals surface area contributed by atoms with Gasteiger partial charge >= 0.3 is 0 Å². The van der Waals surface area contributed by atoms with Crippen LogP contribution in [0.5, 0.6) is 0 Å². The van der Waals surface area contributed by atoms with Crippen molar-refractivity contribution in [1.82, 2.24) is 0 Å². The summed E-state index contributed by atoms with van der Waals surface area (Å²) >= 11 is 3.15. The summed E-state index contributed by atoms with van der Waals surface area (Å²) < 4.78 is 0.604. The zero-order chi connectivity index (χ0) is 6.69. The molecule has 1 saturated carbocycles. The summed E-state index contributed by atoms with van der Waals surface area (Å²) in [6, 6.07) is 0.503. The molecule has 0 saturated heterocycles. The first-order valence-electron chi connectivity index (χ1n) is 2.80. The van der Waals surface area contributed by atoms with Gasteiger partial charge in [-0.25, -0.2) is 4.99 Å². The lowest BCUT2D eigenvalue weighted by molar-refractivity contribution is 1.07. The summed E-state index contributed by atoms with van der Waals surface area (Å²) in [5, 5.41) is 0. The Hall–Kier alpha value is -0.380. The van der Waals surface area contributed by atoms with Gasteiger partial charge in [-0.3, -0.25) is 4.99 Å². The third kappa shape index (κ3) is 2.60. The second kappa shape index (κ2) is 2.96. The lowest BCUT2D eigenvalue weighted by atomic mass is 10.8. The maximum absolute atomic E-state index is 5.02. The Labute approximate surface area is 62.2 Å². The molecule has 0 aromatic rings. The molecule has 4 heteroatoms. The monoisotopic (exact) mass is 189 g/mol. The molecule has 0 aromatic carbocycles. The second-order valence-electron chi connectivity index (χ2n) is 1.91. The van der Waals surface area contributed by atoms with E-state index in [4.69, 9.17) is 5.73 Å². The van der Waals surface area contributed by atoms with Crippen LogP contribution in [-0.2, 0) is 0 Å². The van der Waals surface area contributed by atoms with Gasteiger partial charge in [0.25, 0.3) is 0 Å². The molecule has 0 aromatic heterocycles. The van der Waals surface area contributed by atoms with Crippen LogP contribution in [0, 0.1) is 0 Å². The van der Waals surface area contributed by atoms with Gasteiger partial charge in [-0.15, -0.1) is 0 Å². The van der Waals surface area contributed by atoms with Crippen LogP contribution in [0.3, 0.4) is 0 Å². The number of hydrogen-bond donors (Lipinski definition) is 1. The van der Waals surface area contributed by atoms with Crippen molar-refractivity contribution in [2.45, 2.75) is 18.9 Å². The van der Waals surface area contributed by atoms with E-state index in [1.807, 2.05) is 0 Å². The van der Waals surface area contributed by atoms with Crippen LogP contribution in [0.2, 0.25) is 0 Å². The molecular weight excluding hydrogens is 182 g/mol. The number of hydrogen-bond acceptors (Lipinski definition) is 1. The maximum Gasteiger partial charge on any atom is 0.193 e. The van der Waals surface area contributed by atoms with Crippen LogP contribution in [0.1, 0.15) is 12.8 Å². The molecule has 1 rings (SSSR count). The average molecular weight is 190 g/mol. The zero-order valence-electron chi connectivity index (χ0n) is 4.92. The Morgan fingerprint density at radius 1 is 1.67 bits per heavy atom. The molecule has 3 nitrogen and oxygen atoms in total. The van der Waals surface area contributed by atoms with Crippen molar-refractivity contribution >= 4 is 27.0 Å². The summed E-state index contributed by atoms with van der Waals surface area (Å²) in [5.74, 6) is 0. The van der Waals surface area contributed by atoms with Gasteiger partial charge in [0.15, 0.2) is 4.74 Å². The fraction of sp³-hybridized carbons (Fsp3) is 0.600. The standard InChI is InChI=1S/C5H8BrN3/c6-5(8-3-7)9-4-1-2-4/h3-4H,1-2H2,(H2,7,8,9). The van der Waals surface area contributed by atoms with Crippen LogP contribution in [-0.4, -0.2) is 17.1 Å². The number of nitrogens with two attached hydrogens (primary N) is 1. The number of halogens is 1. The first kappa shape index (κ1) is 6.74. The first-order chi connectivity index (χ1) is 4.33. The molecule has 0 unspecified atom stereocenters. The molecule has 1 aliphatic rings. The van der Waals surface area contributed by atoms with Crippen molar-refractivity contribution in [3.05, 3.63) is 0 Å². The quantitative estimate of drug-likeness (QED) is 0.372. The molecule has 0 spiro atoms. The molecule has 0 amide bonds. The fourth-order valence-corrected chi connectivity index (χ4v) is 0.857. The van der Waals surface area contributed by atoms with Gasteiger partial charge < -0.3 is 5.73 Å². The Kier molecular flexibility index (Phi) is 2.22. The van der Waals surface area contributed by atoms with Crippen LogP contribution in [0.15, 0.2) is 9.98 Å². The number of aliphatic imine (C=N–C) groups is 2. The molecular formula is C5H8BrN3. The minimum atomic E-state index is 0.503. The van der Waals surface area contributed by atoms with Gasteiger partial charge in [-0.1, -0.05) is 0 Å². The zero-order valence-corrected chi connectivity index (χ0v) is 6.50. The maximum atomic E-state index is 5.02. The van der Waals surface area contributed by atoms with Crippen molar-refractivity contribution in [3.8, 4) is 0 Å². The van der Waals surface area contributed by atoms with E-state index in [0.29, 0.717) is 10.8 Å². The fourth-order valence-electron chi connectivity index (χ4n) is 0.449. The Bertz CT molecular complexity index is 148. The summed E-state index contributed by atoms with van der Waals surface area (Å²) in [4.78, 5) is 7.86. The number of rotatable bonds is 1. The molecule has 2 N–H and O–H groups in total. The largest absolute Gasteiger partial charge is 0.390 e. The van der Waals surface area contributed by atoms with Crippen LogP contribution in [0.25, 0.3) is 0 Å². The molecule has 1 fully saturated rings. The first-order valence-corrected chi connectivity index (χ1v) is 3.60. The molecule has 0 aliphatic heterocycles. The lowest BCUT2D eigenvalue weighted by Gasteiger charge is -1.84. The highest BCUT2D eigenvalue weighted by Crippen LogP contribution is 2.24. The van der Waals surface area contributed by atoms with Gasteiger partial charge in [-0.05, 0) is 28.8 Å². The summed E-state index contributed by atoms with van der Waals surface area (Å²) in [7, 11) is 0. The van der Waals surface area contributed by atoms with E-state index in [2.05, 4.69) is 25.9 Å². The van der Waals surface area contributed by atoms with E-state index in [-0.39, 0.29) is 0 Å². The van der Waals surface area contributed by atoms with E-state index in [1.54, 1.807) is 0 Å². The molecule has 0 bridgehead atoms. The van der Waals surface area contributed by atoms with Crippen LogP contribution >= 0.6 is 15.9 Å². The third-order valence-electron chi connectivity index (χ3n) is 1.02. The van der Waals surface area contributed by atoms with Gasteiger partial charge in [-0.2, -0.15) is 0 Å². The third-order valence-corrected chi connectivity index (χ3v) is 1.43. The lowest BCUT2D eigenvalue weighted by Crippen LogP contribution is -1.92. The van der Waals surface area contributed by atoms with Crippen molar-refractivity contribution in [2.75, 3.05) is 0 Å². The normalized spacial score (nSPS) is 21.2. The second-order valence-corrected chi connectivity index (χ2v) is 2.62. The van der Waals surface area contributed by atoms with Crippen molar-refractivity contribution < 1.29 is 0 Å². The smallest absolute Gasteiger partial charge is 0.193 e. The van der Waals surface area contributed by atoms with E-state index in [1.165, 1.54) is 19.2 Å². The van der Waals surface area contributed by atoms with E-state index in [0.717, 1.165) is 0 Å². The molecule has 9 heavy (non-hydrogen) atoms. The highest BCUT2D eigenvalue weighted by Gasteiger charge is 2.20. The summed E-state index contributed by atoms with van der Waals surface area (Å²) in [6.07, 6.45) is 3.61. The van der Waals surface area contributed by atoms with Crippen LogP contribution < -0.4 is 5.73 Å². The molecule has 50 valence electrons. The van der Waals surface area contributed by atoms with Crippen molar-refractivity contribution in [2.24, 2.45) is 15.7 Å². The topological polar surface area (TPSA) is 50.7 Å². The molecule has 0 radical (unpaired) electrons. The Balaban J connectivity index is 2.37. The van der Waals surface area contributed by atoms with Crippen molar-refractivity contribution in [3.63, 3.8) is 0 Å². The van der Waals surface area contributed by atoms with E-state index < -0.39 is 0 Å². The molecule has 0 atom stereocenters. The molecule has 1 aliphatic carbocycles. The average Bonchev–Trinajstić information content (AvgIpc) is 2.50. The van der Waals surface area contributed by atoms with E-state index in [9.17, 15) is 0 Å². The Morgan fingerprint density at radius 2 is 2.33 bits per heavy atom. The number of amidine groups is 1. The van der Waals surface area contributed by atoms with Gasteiger partial charge in [0, 0.05) is 0 Å². The summed E-state index contributed by atoms with van der Waals surface area (Å²) in [5.41, 5.74) is 5.02. The molecule has 0 heterocycles. The summed E-state index contributed by atoms with van der Waals surface area (Å²) in [6.45, 7) is 0. The predicted molar refractivity (Wildman–Crippen MR) is 42.1 cm³/mol. The van der Waals surface area contributed by atoms with Crippen molar-refractivity contribution in [1.29, 1.82) is 0 Å². The van der Waals surface area contributed by atoms with Crippen LogP contribution in [0.4, 0.5) is 0 Å². The minimum Gasteiger partial charge on any atom is -0.390 e. The highest BCUT2D eigenvalue weighted by atomic mass is 79.9. The van der Waals surface area contributed by atoms with Gasteiger partial charge in [0.05, 0.1) is 12.4 Å². The number of nitrogens with zero attached hydrogens (tertiary/aromatic N) is 2. The Morgan fingerprint density at radius 3 is 2.78 bits per heavy atom. The van der Waals surface area contributed by atoms with E-state index >= 15 is 0 Å².